The molecule has 1 aromatic carbocycles. The molecule has 1 aromatic heterocycles. The number of rotatable bonds is 2. The average molecular weight is 217 g/mol. The van der Waals surface area contributed by atoms with Crippen LogP contribution in [0.15, 0.2) is 30.5 Å². The van der Waals surface area contributed by atoms with E-state index in [4.69, 9.17) is 15.2 Å². The molecule has 5 heteroatoms. The summed E-state index contributed by atoms with van der Waals surface area (Å²) in [5.74, 6) is 1.53. The predicted octanol–water partition coefficient (Wildman–Crippen LogP) is 1.06. The van der Waals surface area contributed by atoms with Crippen LogP contribution in [-0.2, 0) is 6.54 Å². The largest absolute Gasteiger partial charge is 0.454 e. The van der Waals surface area contributed by atoms with Crippen LogP contribution in [0.4, 0.5) is 0 Å². The molecule has 5 nitrogen and oxygen atoms in total. The van der Waals surface area contributed by atoms with Crippen LogP contribution < -0.4 is 15.2 Å². The number of nitrogens with two attached hydrogens (primary N) is 1. The molecule has 0 atom stereocenters. The number of hydrogen-bond donors (Lipinski definition) is 1. The van der Waals surface area contributed by atoms with Gasteiger partial charge in [-0.05, 0) is 18.2 Å². The van der Waals surface area contributed by atoms with Gasteiger partial charge in [0.2, 0.25) is 6.79 Å². The molecule has 2 aromatic rings. The highest BCUT2D eigenvalue weighted by molar-refractivity contribution is 5.49. The Balaban J connectivity index is 2.00. The SMILES string of the molecule is NCc1ccn(-c2ccc3c(c2)OCO3)n1. The summed E-state index contributed by atoms with van der Waals surface area (Å²) in [5.41, 5.74) is 7.30. The van der Waals surface area contributed by atoms with Gasteiger partial charge in [-0.15, -0.1) is 0 Å². The lowest BCUT2D eigenvalue weighted by Crippen LogP contribution is -2.00. The Morgan fingerprint density at radius 3 is 2.94 bits per heavy atom. The molecule has 1 aliphatic rings. The molecule has 1 aliphatic heterocycles. The Bertz CT molecular complexity index is 522. The van der Waals surface area contributed by atoms with Crippen molar-refractivity contribution in [1.29, 1.82) is 0 Å². The van der Waals surface area contributed by atoms with E-state index in [9.17, 15) is 0 Å². The van der Waals surface area contributed by atoms with E-state index < -0.39 is 0 Å². The molecule has 16 heavy (non-hydrogen) atoms. The smallest absolute Gasteiger partial charge is 0.231 e. The average Bonchev–Trinajstić information content (AvgIpc) is 2.96. The second kappa shape index (κ2) is 3.53. The van der Waals surface area contributed by atoms with E-state index in [0.29, 0.717) is 6.54 Å². The molecule has 0 fully saturated rings. The maximum Gasteiger partial charge on any atom is 0.231 e. The normalized spacial score (nSPS) is 13.1. The van der Waals surface area contributed by atoms with E-state index in [1.807, 2.05) is 30.5 Å². The number of nitrogens with zero attached hydrogens (tertiary/aromatic N) is 2. The number of ether oxygens (including phenoxy) is 2. The Morgan fingerprint density at radius 2 is 2.12 bits per heavy atom. The summed E-state index contributed by atoms with van der Waals surface area (Å²) < 4.78 is 12.3. The van der Waals surface area contributed by atoms with Gasteiger partial charge in [0, 0.05) is 18.8 Å². The Kier molecular flexibility index (Phi) is 2.04. The lowest BCUT2D eigenvalue weighted by Gasteiger charge is -2.02. The third kappa shape index (κ3) is 1.42. The zero-order valence-electron chi connectivity index (χ0n) is 8.59. The molecule has 0 spiro atoms. The predicted molar refractivity (Wildman–Crippen MR) is 57.6 cm³/mol. The minimum atomic E-state index is 0.284. The van der Waals surface area contributed by atoms with Crippen LogP contribution in [0.2, 0.25) is 0 Å². The molecule has 2 heterocycles. The van der Waals surface area contributed by atoms with Crippen molar-refractivity contribution in [3.05, 3.63) is 36.2 Å². The number of hydrogen-bond acceptors (Lipinski definition) is 4. The number of fused-ring (bicyclic) bond motifs is 1. The van der Waals surface area contributed by atoms with Crippen molar-refractivity contribution in [3.8, 4) is 17.2 Å². The van der Waals surface area contributed by atoms with Crippen LogP contribution in [0.1, 0.15) is 5.69 Å². The quantitative estimate of drug-likeness (QED) is 0.817. The van der Waals surface area contributed by atoms with Crippen LogP contribution in [0.25, 0.3) is 5.69 Å². The molecular weight excluding hydrogens is 206 g/mol. The molecule has 0 bridgehead atoms. The summed E-state index contributed by atoms with van der Waals surface area (Å²) in [6.07, 6.45) is 1.87. The van der Waals surface area contributed by atoms with Gasteiger partial charge in [-0.25, -0.2) is 4.68 Å². The van der Waals surface area contributed by atoms with Crippen LogP contribution in [0.3, 0.4) is 0 Å². The van der Waals surface area contributed by atoms with Gasteiger partial charge in [-0.2, -0.15) is 5.10 Å². The van der Waals surface area contributed by atoms with Gasteiger partial charge in [-0.3, -0.25) is 0 Å². The first-order valence-electron chi connectivity index (χ1n) is 5.01. The highest BCUT2D eigenvalue weighted by Gasteiger charge is 2.13. The fraction of sp³-hybridized carbons (Fsp3) is 0.182. The molecule has 0 saturated heterocycles. The topological polar surface area (TPSA) is 62.3 Å². The Labute approximate surface area is 92.4 Å². The van der Waals surface area contributed by atoms with Crippen LogP contribution in [0, 0.1) is 0 Å². The van der Waals surface area contributed by atoms with Crippen molar-refractivity contribution in [1.82, 2.24) is 9.78 Å². The Morgan fingerprint density at radius 1 is 1.25 bits per heavy atom. The van der Waals surface area contributed by atoms with Gasteiger partial charge in [0.15, 0.2) is 11.5 Å². The third-order valence-corrected chi connectivity index (χ3v) is 2.47. The number of aromatic nitrogens is 2. The van der Waals surface area contributed by atoms with E-state index >= 15 is 0 Å². The summed E-state index contributed by atoms with van der Waals surface area (Å²) in [7, 11) is 0. The standard InChI is InChI=1S/C11H11N3O2/c12-6-8-3-4-14(13-8)9-1-2-10-11(5-9)16-7-15-10/h1-5H,6-7,12H2. The van der Waals surface area contributed by atoms with Crippen LogP contribution >= 0.6 is 0 Å². The summed E-state index contributed by atoms with van der Waals surface area (Å²) >= 11 is 0. The number of benzene rings is 1. The van der Waals surface area contributed by atoms with E-state index in [1.54, 1.807) is 4.68 Å². The van der Waals surface area contributed by atoms with Crippen molar-refractivity contribution in [2.45, 2.75) is 6.54 Å². The molecular formula is C11H11N3O2. The van der Waals surface area contributed by atoms with Gasteiger partial charge < -0.3 is 15.2 Å². The second-order valence-electron chi connectivity index (χ2n) is 3.49. The van der Waals surface area contributed by atoms with Gasteiger partial charge >= 0.3 is 0 Å². The lowest BCUT2D eigenvalue weighted by atomic mass is 10.3. The summed E-state index contributed by atoms with van der Waals surface area (Å²) in [5, 5.41) is 4.32. The van der Waals surface area contributed by atoms with Gasteiger partial charge in [0.25, 0.3) is 0 Å². The van der Waals surface area contributed by atoms with Crippen molar-refractivity contribution < 1.29 is 9.47 Å². The first-order valence-corrected chi connectivity index (χ1v) is 5.01. The first-order chi connectivity index (χ1) is 7.86. The fourth-order valence-electron chi connectivity index (χ4n) is 1.64. The van der Waals surface area contributed by atoms with Crippen molar-refractivity contribution in [3.63, 3.8) is 0 Å². The van der Waals surface area contributed by atoms with Gasteiger partial charge in [0.05, 0.1) is 11.4 Å². The molecule has 0 saturated carbocycles. The molecule has 82 valence electrons. The molecule has 2 N–H and O–H groups in total. The molecule has 0 aliphatic carbocycles. The van der Waals surface area contributed by atoms with Gasteiger partial charge in [-0.1, -0.05) is 0 Å². The van der Waals surface area contributed by atoms with Crippen molar-refractivity contribution in [2.75, 3.05) is 6.79 Å². The fourth-order valence-corrected chi connectivity index (χ4v) is 1.64. The molecule has 3 rings (SSSR count). The molecule has 0 amide bonds. The van der Waals surface area contributed by atoms with E-state index in [-0.39, 0.29) is 6.79 Å². The highest BCUT2D eigenvalue weighted by atomic mass is 16.7. The highest BCUT2D eigenvalue weighted by Crippen LogP contribution is 2.33. The summed E-state index contributed by atoms with van der Waals surface area (Å²) in [4.78, 5) is 0. The monoisotopic (exact) mass is 217 g/mol. The van der Waals surface area contributed by atoms with Crippen LogP contribution in [-0.4, -0.2) is 16.6 Å². The zero-order chi connectivity index (χ0) is 11.0. The molecule has 0 unspecified atom stereocenters. The minimum absolute atomic E-state index is 0.284. The summed E-state index contributed by atoms with van der Waals surface area (Å²) in [6.45, 7) is 0.726. The lowest BCUT2D eigenvalue weighted by molar-refractivity contribution is 0.174. The molecule has 0 radical (unpaired) electrons. The second-order valence-corrected chi connectivity index (χ2v) is 3.49. The maximum atomic E-state index is 5.51. The van der Waals surface area contributed by atoms with E-state index in [2.05, 4.69) is 5.10 Å². The Hall–Kier alpha value is -2.01. The maximum absolute atomic E-state index is 5.51. The first kappa shape index (κ1) is 9.23. The van der Waals surface area contributed by atoms with Crippen molar-refractivity contribution in [2.24, 2.45) is 5.73 Å². The third-order valence-electron chi connectivity index (χ3n) is 2.47. The van der Waals surface area contributed by atoms with E-state index in [1.165, 1.54) is 0 Å². The zero-order valence-corrected chi connectivity index (χ0v) is 8.59. The van der Waals surface area contributed by atoms with Gasteiger partial charge in [0.1, 0.15) is 0 Å². The van der Waals surface area contributed by atoms with E-state index in [0.717, 1.165) is 22.9 Å². The van der Waals surface area contributed by atoms with Crippen LogP contribution in [0.5, 0.6) is 11.5 Å². The summed E-state index contributed by atoms with van der Waals surface area (Å²) in [6, 6.07) is 7.60. The minimum Gasteiger partial charge on any atom is -0.454 e. The van der Waals surface area contributed by atoms with Crippen molar-refractivity contribution >= 4 is 0 Å².